The van der Waals surface area contributed by atoms with Crippen molar-refractivity contribution < 1.29 is 13.2 Å². The van der Waals surface area contributed by atoms with Gasteiger partial charge in [0, 0.05) is 16.3 Å². The van der Waals surface area contributed by atoms with Gasteiger partial charge in [0.1, 0.15) is 5.75 Å². The van der Waals surface area contributed by atoms with Gasteiger partial charge in [0.2, 0.25) is 0 Å². The van der Waals surface area contributed by atoms with Gasteiger partial charge in [-0.1, -0.05) is 11.6 Å². The number of rotatable bonds is 5. The number of nitrogen functional groups attached to an aromatic ring is 2. The number of halogens is 1. The quantitative estimate of drug-likeness (QED) is 0.716. The lowest BCUT2D eigenvalue weighted by molar-refractivity contribution is 0.414. The number of nitrogens with two attached hydrogens (primary N) is 2. The summed E-state index contributed by atoms with van der Waals surface area (Å²) in [5.74, 6) is 0.468. The maximum atomic E-state index is 12.1. The third-order valence-electron chi connectivity index (χ3n) is 2.95. The molecule has 0 unspecified atom stereocenters. The molecule has 23 heavy (non-hydrogen) atoms. The Balaban J connectivity index is 2.24. The van der Waals surface area contributed by atoms with Crippen LogP contribution in [0, 0.1) is 0 Å². The van der Waals surface area contributed by atoms with Gasteiger partial charge in [0.05, 0.1) is 23.9 Å². The van der Waals surface area contributed by atoms with Crippen molar-refractivity contribution in [2.45, 2.75) is 0 Å². The largest absolute Gasteiger partial charge is 0.496 e. The van der Waals surface area contributed by atoms with Gasteiger partial charge < -0.3 is 16.2 Å². The van der Waals surface area contributed by atoms with E-state index in [2.05, 4.69) is 4.72 Å². The molecule has 0 aliphatic heterocycles. The summed E-state index contributed by atoms with van der Waals surface area (Å²) in [4.78, 5) is 0. The fourth-order valence-corrected chi connectivity index (χ4v) is 2.90. The van der Waals surface area contributed by atoms with Crippen LogP contribution < -0.4 is 20.9 Å². The average Bonchev–Trinajstić information content (AvgIpc) is 2.48. The van der Waals surface area contributed by atoms with E-state index in [9.17, 15) is 8.42 Å². The van der Waals surface area contributed by atoms with Gasteiger partial charge >= 0.3 is 0 Å². The van der Waals surface area contributed by atoms with Crippen LogP contribution in [0.5, 0.6) is 5.75 Å². The van der Waals surface area contributed by atoms with E-state index in [4.69, 9.17) is 27.8 Å². The molecule has 0 aromatic heterocycles. The summed E-state index contributed by atoms with van der Waals surface area (Å²) in [5, 5.41) is 1.52. The summed E-state index contributed by atoms with van der Waals surface area (Å²) in [6.45, 7) is 0. The first-order valence-electron chi connectivity index (χ1n) is 6.50. The maximum absolute atomic E-state index is 12.1. The predicted molar refractivity (Wildman–Crippen MR) is 94.8 cm³/mol. The molecule has 5 N–H and O–H groups in total. The van der Waals surface area contributed by atoms with Crippen molar-refractivity contribution >= 4 is 44.8 Å². The van der Waals surface area contributed by atoms with Crippen LogP contribution >= 0.6 is 11.6 Å². The Morgan fingerprint density at radius 3 is 2.57 bits per heavy atom. The normalized spacial score (nSPS) is 11.6. The zero-order valence-corrected chi connectivity index (χ0v) is 13.9. The van der Waals surface area contributed by atoms with Crippen LogP contribution in [-0.4, -0.2) is 15.5 Å². The molecular formula is C15H16ClN3O3S. The Hall–Kier alpha value is -2.38. The Morgan fingerprint density at radius 1 is 1.17 bits per heavy atom. The van der Waals surface area contributed by atoms with Gasteiger partial charge in [0.25, 0.3) is 10.0 Å². The molecule has 0 radical (unpaired) electrons. The summed E-state index contributed by atoms with van der Waals surface area (Å²) in [5.41, 5.74) is 12.8. The first-order valence-corrected chi connectivity index (χ1v) is 8.42. The molecule has 8 heteroatoms. The Morgan fingerprint density at radius 2 is 1.91 bits per heavy atom. The molecule has 0 amide bonds. The zero-order valence-electron chi connectivity index (χ0n) is 12.3. The van der Waals surface area contributed by atoms with Crippen molar-refractivity contribution in [2.24, 2.45) is 0 Å². The highest BCUT2D eigenvalue weighted by Gasteiger charge is 2.09. The molecule has 0 aliphatic carbocycles. The van der Waals surface area contributed by atoms with Gasteiger partial charge in [-0.25, -0.2) is 8.42 Å². The van der Waals surface area contributed by atoms with E-state index in [0.29, 0.717) is 22.0 Å². The van der Waals surface area contributed by atoms with E-state index in [-0.39, 0.29) is 11.4 Å². The molecule has 0 atom stereocenters. The first kappa shape index (κ1) is 17.0. The summed E-state index contributed by atoms with van der Waals surface area (Å²) < 4.78 is 31.8. The number of benzene rings is 2. The number of sulfonamides is 1. The third-order valence-corrected chi connectivity index (χ3v) is 4.18. The zero-order chi connectivity index (χ0) is 17.0. The van der Waals surface area contributed by atoms with Crippen molar-refractivity contribution in [3.05, 3.63) is 52.4 Å². The van der Waals surface area contributed by atoms with Gasteiger partial charge in [-0.2, -0.15) is 0 Å². The number of hydrogen-bond donors (Lipinski definition) is 3. The molecule has 2 rings (SSSR count). The molecule has 0 bridgehead atoms. The van der Waals surface area contributed by atoms with Crippen LogP contribution in [-0.2, 0) is 10.0 Å². The minimum Gasteiger partial charge on any atom is -0.496 e. The second kappa shape index (κ2) is 6.80. The van der Waals surface area contributed by atoms with Crippen molar-refractivity contribution in [3.63, 3.8) is 0 Å². The predicted octanol–water partition coefficient (Wildman–Crippen LogP) is 2.93. The summed E-state index contributed by atoms with van der Waals surface area (Å²) in [7, 11) is -2.27. The van der Waals surface area contributed by atoms with E-state index in [1.54, 1.807) is 24.3 Å². The second-order valence-corrected chi connectivity index (χ2v) is 6.69. The summed E-state index contributed by atoms with van der Waals surface area (Å²) in [6.07, 6.45) is 1.41. The van der Waals surface area contributed by atoms with Crippen molar-refractivity contribution in [2.75, 3.05) is 23.3 Å². The molecular weight excluding hydrogens is 338 g/mol. The lowest BCUT2D eigenvalue weighted by atomic mass is 10.2. The molecule has 0 aliphatic rings. The standard InChI is InChI=1S/C15H16ClN3O3S/c1-22-15-8-11(16)3-2-10(15)6-7-23(20,21)19-14-5-4-12(17)9-13(14)18/h2-9,19H,17-18H2,1H3/b7-6+. The van der Waals surface area contributed by atoms with E-state index < -0.39 is 10.0 Å². The maximum Gasteiger partial charge on any atom is 0.255 e. The highest BCUT2D eigenvalue weighted by Crippen LogP contribution is 2.25. The van der Waals surface area contributed by atoms with Crippen molar-refractivity contribution in [1.82, 2.24) is 0 Å². The van der Waals surface area contributed by atoms with Crippen LogP contribution in [0.3, 0.4) is 0 Å². The molecule has 2 aromatic rings. The third kappa shape index (κ3) is 4.54. The van der Waals surface area contributed by atoms with Crippen LogP contribution in [0.25, 0.3) is 6.08 Å². The number of nitrogens with one attached hydrogen (secondary N) is 1. The van der Waals surface area contributed by atoms with Crippen LogP contribution in [0.4, 0.5) is 17.1 Å². The molecule has 0 fully saturated rings. The lowest BCUT2D eigenvalue weighted by Crippen LogP contribution is -2.10. The first-order chi connectivity index (χ1) is 10.8. The van der Waals surface area contributed by atoms with Crippen LogP contribution in [0.15, 0.2) is 41.8 Å². The van der Waals surface area contributed by atoms with Gasteiger partial charge in [-0.15, -0.1) is 0 Å². The molecule has 0 spiro atoms. The number of anilines is 3. The Labute approximate surface area is 139 Å². The summed E-state index contributed by atoms with van der Waals surface area (Å²) >= 11 is 5.86. The van der Waals surface area contributed by atoms with Crippen molar-refractivity contribution in [1.29, 1.82) is 0 Å². The number of ether oxygens (including phenoxy) is 1. The Bertz CT molecular complexity index is 851. The minimum absolute atomic E-state index is 0.242. The highest BCUT2D eigenvalue weighted by molar-refractivity contribution is 7.95. The fourth-order valence-electron chi connectivity index (χ4n) is 1.85. The minimum atomic E-state index is -3.74. The molecule has 6 nitrogen and oxygen atoms in total. The van der Waals surface area contributed by atoms with E-state index in [1.807, 2.05) is 0 Å². The van der Waals surface area contributed by atoms with Gasteiger partial charge in [0.15, 0.2) is 0 Å². The number of methoxy groups -OCH3 is 1. The SMILES string of the molecule is COc1cc(Cl)ccc1/C=C/S(=O)(=O)Nc1ccc(N)cc1N. The Kier molecular flexibility index (Phi) is 5.02. The molecule has 2 aromatic carbocycles. The number of hydrogen-bond acceptors (Lipinski definition) is 5. The average molecular weight is 354 g/mol. The highest BCUT2D eigenvalue weighted by atomic mass is 35.5. The smallest absolute Gasteiger partial charge is 0.255 e. The van der Waals surface area contributed by atoms with E-state index in [1.165, 1.54) is 25.3 Å². The topological polar surface area (TPSA) is 107 Å². The van der Waals surface area contributed by atoms with Gasteiger partial charge in [-0.05, 0) is 42.5 Å². The van der Waals surface area contributed by atoms with E-state index >= 15 is 0 Å². The van der Waals surface area contributed by atoms with Crippen LogP contribution in [0.1, 0.15) is 5.56 Å². The second-order valence-electron chi connectivity index (χ2n) is 4.68. The van der Waals surface area contributed by atoms with E-state index in [0.717, 1.165) is 5.41 Å². The molecule has 0 saturated heterocycles. The van der Waals surface area contributed by atoms with Crippen LogP contribution in [0.2, 0.25) is 5.02 Å². The summed E-state index contributed by atoms with van der Waals surface area (Å²) in [6, 6.07) is 9.43. The molecule has 122 valence electrons. The fraction of sp³-hybridized carbons (Fsp3) is 0.0667. The molecule has 0 heterocycles. The molecule has 0 saturated carbocycles. The van der Waals surface area contributed by atoms with Gasteiger partial charge in [-0.3, -0.25) is 4.72 Å². The lowest BCUT2D eigenvalue weighted by Gasteiger charge is -2.09. The van der Waals surface area contributed by atoms with Crippen molar-refractivity contribution in [3.8, 4) is 5.75 Å². The monoisotopic (exact) mass is 353 g/mol.